The molecule has 2 aromatic rings. The summed E-state index contributed by atoms with van der Waals surface area (Å²) in [4.78, 5) is 27.5. The molecule has 0 radical (unpaired) electrons. The normalized spacial score (nSPS) is 23.5. The predicted molar refractivity (Wildman–Crippen MR) is 130 cm³/mol. The molecule has 5 rings (SSSR count). The fourth-order valence-electron chi connectivity index (χ4n) is 4.71. The average molecular weight is 462 g/mol. The van der Waals surface area contributed by atoms with E-state index in [9.17, 15) is 14.0 Å². The van der Waals surface area contributed by atoms with E-state index in [0.29, 0.717) is 34.8 Å². The van der Waals surface area contributed by atoms with Gasteiger partial charge in [0.1, 0.15) is 17.7 Å². The number of hydrogen-bond acceptors (Lipinski definition) is 4. The van der Waals surface area contributed by atoms with Crippen LogP contribution in [0.15, 0.2) is 58.5 Å². The van der Waals surface area contributed by atoms with Crippen molar-refractivity contribution in [3.8, 4) is 0 Å². The fourth-order valence-corrected chi connectivity index (χ4v) is 4.71. The van der Waals surface area contributed by atoms with E-state index in [2.05, 4.69) is 15.5 Å². The van der Waals surface area contributed by atoms with Crippen molar-refractivity contribution in [2.45, 2.75) is 25.9 Å². The molecule has 34 heavy (non-hydrogen) atoms. The Labute approximate surface area is 198 Å². The Hall–Kier alpha value is -3.45. The minimum absolute atomic E-state index is 0.193. The van der Waals surface area contributed by atoms with E-state index in [0.717, 1.165) is 30.9 Å². The molecule has 1 fully saturated rings. The number of rotatable bonds is 6. The van der Waals surface area contributed by atoms with Gasteiger partial charge in [-0.3, -0.25) is 9.59 Å². The van der Waals surface area contributed by atoms with E-state index >= 15 is 0 Å². The van der Waals surface area contributed by atoms with E-state index in [1.165, 1.54) is 18.9 Å². The third-order valence-corrected chi connectivity index (χ3v) is 6.70. The lowest BCUT2D eigenvalue weighted by Crippen LogP contribution is -2.36. The molecule has 1 aromatic heterocycles. The largest absolute Gasteiger partial charge is 0.457 e. The Morgan fingerprint density at radius 2 is 2.03 bits per heavy atom. The van der Waals surface area contributed by atoms with Gasteiger partial charge in [0.15, 0.2) is 0 Å². The van der Waals surface area contributed by atoms with Gasteiger partial charge in [-0.15, -0.1) is 0 Å². The number of para-hydroxylation sites is 1. The molecule has 2 atom stereocenters. The number of alkyl halides is 1. The van der Waals surface area contributed by atoms with Crippen LogP contribution in [-0.4, -0.2) is 49.1 Å². The number of carbonyl (C=O) groups is 2. The Kier molecular flexibility index (Phi) is 6.20. The number of benzene rings is 1. The molecular formula is C27H28FN3O3. The first-order valence-electron chi connectivity index (χ1n) is 11.8. The maximum absolute atomic E-state index is 14.8. The Morgan fingerprint density at radius 1 is 1.24 bits per heavy atom. The SMILES string of the molecule is CC1C(C(=O)NCCN2CCCC2)=CC(c2ccc(C=C3C(=O)Nc4ccccc43)o2)=CC1F. The van der Waals surface area contributed by atoms with Crippen molar-refractivity contribution in [2.75, 3.05) is 31.5 Å². The second-order valence-electron chi connectivity index (χ2n) is 9.02. The van der Waals surface area contributed by atoms with Gasteiger partial charge in [-0.25, -0.2) is 4.39 Å². The number of nitrogens with one attached hydrogen (secondary N) is 2. The number of likely N-dealkylation sites (tertiary alicyclic amines) is 1. The van der Waals surface area contributed by atoms with Crippen LogP contribution in [0.3, 0.4) is 0 Å². The molecule has 0 saturated carbocycles. The molecule has 7 heteroatoms. The minimum atomic E-state index is -1.29. The first kappa shape index (κ1) is 22.3. The lowest BCUT2D eigenvalue weighted by molar-refractivity contribution is -0.118. The molecule has 3 aliphatic rings. The van der Waals surface area contributed by atoms with Gasteiger partial charge < -0.3 is 20.0 Å². The van der Waals surface area contributed by atoms with Crippen LogP contribution >= 0.6 is 0 Å². The van der Waals surface area contributed by atoms with Gasteiger partial charge in [0.05, 0.1) is 5.57 Å². The zero-order chi connectivity index (χ0) is 23.7. The highest BCUT2D eigenvalue weighted by Gasteiger charge is 2.29. The molecule has 6 nitrogen and oxygen atoms in total. The van der Waals surface area contributed by atoms with Crippen molar-refractivity contribution < 1.29 is 18.4 Å². The summed E-state index contributed by atoms with van der Waals surface area (Å²) in [7, 11) is 0. The summed E-state index contributed by atoms with van der Waals surface area (Å²) >= 11 is 0. The van der Waals surface area contributed by atoms with Gasteiger partial charge in [0.2, 0.25) is 5.91 Å². The van der Waals surface area contributed by atoms with E-state index in [-0.39, 0.29) is 11.8 Å². The third kappa shape index (κ3) is 4.48. The minimum Gasteiger partial charge on any atom is -0.457 e. The van der Waals surface area contributed by atoms with Crippen molar-refractivity contribution in [1.29, 1.82) is 0 Å². The van der Waals surface area contributed by atoms with Gasteiger partial charge in [0.25, 0.3) is 5.91 Å². The van der Waals surface area contributed by atoms with Crippen molar-refractivity contribution >= 4 is 34.7 Å². The quantitative estimate of drug-likeness (QED) is 0.630. The molecule has 3 heterocycles. The topological polar surface area (TPSA) is 74.6 Å². The van der Waals surface area contributed by atoms with Gasteiger partial charge >= 0.3 is 0 Å². The van der Waals surface area contributed by atoms with Crippen LogP contribution in [-0.2, 0) is 9.59 Å². The van der Waals surface area contributed by atoms with E-state index in [4.69, 9.17) is 4.42 Å². The zero-order valence-corrected chi connectivity index (χ0v) is 19.1. The van der Waals surface area contributed by atoms with Crippen LogP contribution in [0.5, 0.6) is 0 Å². The van der Waals surface area contributed by atoms with Crippen LogP contribution in [0.1, 0.15) is 36.8 Å². The average Bonchev–Trinajstić information content (AvgIpc) is 3.57. The smallest absolute Gasteiger partial charge is 0.256 e. The number of amides is 2. The first-order chi connectivity index (χ1) is 16.5. The van der Waals surface area contributed by atoms with Gasteiger partial charge in [-0.2, -0.15) is 0 Å². The summed E-state index contributed by atoms with van der Waals surface area (Å²) in [6.45, 7) is 5.21. The molecule has 2 aliphatic heterocycles. The first-order valence-corrected chi connectivity index (χ1v) is 11.8. The summed E-state index contributed by atoms with van der Waals surface area (Å²) in [6.07, 6.45) is 5.98. The number of hydrogen-bond donors (Lipinski definition) is 2. The van der Waals surface area contributed by atoms with Crippen molar-refractivity contribution in [3.63, 3.8) is 0 Å². The maximum atomic E-state index is 14.8. The standard InChI is InChI=1S/C27H28FN3O3/c1-17-21(26(32)29-10-13-31-11-4-5-12-31)14-18(15-23(17)28)25-9-8-19(34-25)16-22-20-6-2-3-7-24(20)30-27(22)33/h2-3,6-9,14-17,23H,4-5,10-13H2,1H3,(H,29,32)(H,30,33). The Morgan fingerprint density at radius 3 is 2.85 bits per heavy atom. The number of carbonyl (C=O) groups excluding carboxylic acids is 2. The van der Waals surface area contributed by atoms with Crippen LogP contribution in [0.25, 0.3) is 17.2 Å². The summed E-state index contributed by atoms with van der Waals surface area (Å²) in [5, 5.41) is 5.78. The molecule has 0 bridgehead atoms. The number of allylic oxidation sites excluding steroid dienone is 3. The summed E-state index contributed by atoms with van der Waals surface area (Å²) in [5.74, 6) is -0.0347. The molecular weight excluding hydrogens is 433 g/mol. The van der Waals surface area contributed by atoms with Gasteiger partial charge in [0, 0.05) is 41.4 Å². The van der Waals surface area contributed by atoms with E-state index in [1.54, 1.807) is 31.2 Å². The number of furan rings is 1. The summed E-state index contributed by atoms with van der Waals surface area (Å²) in [5.41, 5.74) is 3.02. The Balaban J connectivity index is 1.32. The lowest BCUT2D eigenvalue weighted by atomic mass is 9.87. The second kappa shape index (κ2) is 9.43. The van der Waals surface area contributed by atoms with Crippen molar-refractivity contribution in [2.24, 2.45) is 5.92 Å². The highest BCUT2D eigenvalue weighted by Crippen LogP contribution is 2.35. The molecule has 2 N–H and O–H groups in total. The molecule has 176 valence electrons. The summed E-state index contributed by atoms with van der Waals surface area (Å²) < 4.78 is 20.8. The third-order valence-electron chi connectivity index (χ3n) is 6.70. The number of nitrogens with zero attached hydrogens (tertiary/aromatic N) is 1. The van der Waals surface area contributed by atoms with Crippen LogP contribution in [0.4, 0.5) is 10.1 Å². The highest BCUT2D eigenvalue weighted by atomic mass is 19.1. The Bertz CT molecular complexity index is 1200. The zero-order valence-electron chi connectivity index (χ0n) is 19.1. The van der Waals surface area contributed by atoms with Gasteiger partial charge in [-0.1, -0.05) is 25.1 Å². The van der Waals surface area contributed by atoms with Crippen LogP contribution < -0.4 is 10.6 Å². The fraction of sp³-hybridized carbons (Fsp3) is 0.333. The van der Waals surface area contributed by atoms with Crippen molar-refractivity contribution in [1.82, 2.24) is 10.2 Å². The second-order valence-corrected chi connectivity index (χ2v) is 9.02. The molecule has 2 unspecified atom stereocenters. The van der Waals surface area contributed by atoms with Crippen LogP contribution in [0, 0.1) is 5.92 Å². The maximum Gasteiger partial charge on any atom is 0.256 e. The number of halogens is 1. The van der Waals surface area contributed by atoms with Crippen molar-refractivity contribution in [3.05, 3.63) is 71.2 Å². The molecule has 1 aliphatic carbocycles. The molecule has 1 aromatic carbocycles. The highest BCUT2D eigenvalue weighted by molar-refractivity contribution is 6.34. The summed E-state index contributed by atoms with van der Waals surface area (Å²) in [6, 6.07) is 10.9. The molecule has 1 saturated heterocycles. The van der Waals surface area contributed by atoms with E-state index in [1.807, 2.05) is 24.3 Å². The molecule has 2 amide bonds. The molecule has 0 spiro atoms. The van der Waals surface area contributed by atoms with Gasteiger partial charge in [-0.05, 0) is 62.4 Å². The van der Waals surface area contributed by atoms with E-state index < -0.39 is 12.1 Å². The number of fused-ring (bicyclic) bond motifs is 1. The number of anilines is 1. The lowest BCUT2D eigenvalue weighted by Gasteiger charge is -2.23. The van der Waals surface area contributed by atoms with Crippen LogP contribution in [0.2, 0.25) is 0 Å². The predicted octanol–water partition coefficient (Wildman–Crippen LogP) is 4.28. The monoisotopic (exact) mass is 461 g/mol.